The molecule has 0 aliphatic carbocycles. The summed E-state index contributed by atoms with van der Waals surface area (Å²) in [5, 5.41) is 2.08. The van der Waals surface area contributed by atoms with Crippen LogP contribution in [0.3, 0.4) is 0 Å². The van der Waals surface area contributed by atoms with Crippen LogP contribution < -0.4 is 11.1 Å². The van der Waals surface area contributed by atoms with Gasteiger partial charge in [-0.2, -0.15) is 0 Å². The largest absolute Gasteiger partial charge is 0.349 e. The Morgan fingerprint density at radius 2 is 2.15 bits per heavy atom. The summed E-state index contributed by atoms with van der Waals surface area (Å²) in [5.74, 6) is -0.492. The predicted molar refractivity (Wildman–Crippen MR) is 46.5 cm³/mol. The average Bonchev–Trinajstić information content (AvgIpc) is 2.10. The Kier molecular flexibility index (Phi) is 6.40. The van der Waals surface area contributed by atoms with Gasteiger partial charge in [-0.3, -0.25) is 4.79 Å². The molecule has 0 aromatic heterocycles. The molecule has 0 aromatic rings. The molecule has 0 spiro atoms. The second-order valence-corrected chi connectivity index (χ2v) is 2.88. The standard InChI is InChI=1S/C8H16F2N2O/c1-2-3-4-6(11)8(13)12-5-7(9)10/h6-7H,2-5,11H2,1H3,(H,12,13). The number of rotatable bonds is 6. The molecule has 0 aromatic carbocycles. The Balaban J connectivity index is 3.57. The lowest BCUT2D eigenvalue weighted by atomic mass is 10.1. The van der Waals surface area contributed by atoms with Crippen LogP contribution in [0.4, 0.5) is 8.78 Å². The van der Waals surface area contributed by atoms with Gasteiger partial charge in [-0.05, 0) is 6.42 Å². The minimum Gasteiger partial charge on any atom is -0.349 e. The van der Waals surface area contributed by atoms with Gasteiger partial charge >= 0.3 is 0 Å². The zero-order valence-electron chi connectivity index (χ0n) is 7.72. The number of alkyl halides is 2. The van der Waals surface area contributed by atoms with E-state index in [-0.39, 0.29) is 0 Å². The third-order valence-electron chi connectivity index (χ3n) is 1.64. The zero-order valence-corrected chi connectivity index (χ0v) is 7.72. The number of halogens is 2. The Labute approximate surface area is 76.7 Å². The molecular weight excluding hydrogens is 178 g/mol. The normalized spacial score (nSPS) is 13.0. The van der Waals surface area contributed by atoms with Crippen molar-refractivity contribution in [2.45, 2.75) is 38.7 Å². The fraction of sp³-hybridized carbons (Fsp3) is 0.875. The van der Waals surface area contributed by atoms with Gasteiger partial charge in [0.1, 0.15) is 0 Å². The lowest BCUT2D eigenvalue weighted by Gasteiger charge is -2.10. The fourth-order valence-corrected chi connectivity index (χ4v) is 0.864. The van der Waals surface area contributed by atoms with Crippen molar-refractivity contribution in [3.63, 3.8) is 0 Å². The van der Waals surface area contributed by atoms with Crippen LogP contribution in [-0.4, -0.2) is 24.9 Å². The SMILES string of the molecule is CCCCC(N)C(=O)NCC(F)F. The first-order valence-corrected chi connectivity index (χ1v) is 4.39. The molecule has 0 aliphatic rings. The summed E-state index contributed by atoms with van der Waals surface area (Å²) < 4.78 is 23.3. The molecule has 1 atom stereocenters. The number of amides is 1. The summed E-state index contributed by atoms with van der Waals surface area (Å²) in [6.07, 6.45) is -0.188. The maximum absolute atomic E-state index is 11.7. The highest BCUT2D eigenvalue weighted by molar-refractivity contribution is 5.81. The Morgan fingerprint density at radius 1 is 1.54 bits per heavy atom. The molecule has 1 unspecified atom stereocenters. The van der Waals surface area contributed by atoms with E-state index in [2.05, 4.69) is 5.32 Å². The van der Waals surface area contributed by atoms with Crippen molar-refractivity contribution in [2.75, 3.05) is 6.54 Å². The second-order valence-electron chi connectivity index (χ2n) is 2.88. The number of hydrogen-bond acceptors (Lipinski definition) is 2. The van der Waals surface area contributed by atoms with E-state index >= 15 is 0 Å². The van der Waals surface area contributed by atoms with Crippen molar-refractivity contribution in [3.8, 4) is 0 Å². The Bertz CT molecular complexity index is 153. The molecule has 0 heterocycles. The van der Waals surface area contributed by atoms with Crippen LogP contribution in [0.1, 0.15) is 26.2 Å². The number of carbonyl (C=O) groups is 1. The molecular formula is C8H16F2N2O. The van der Waals surface area contributed by atoms with Gasteiger partial charge in [0.2, 0.25) is 5.91 Å². The highest BCUT2D eigenvalue weighted by atomic mass is 19.3. The number of unbranched alkanes of at least 4 members (excludes halogenated alkanes) is 1. The molecule has 13 heavy (non-hydrogen) atoms. The van der Waals surface area contributed by atoms with Gasteiger partial charge in [-0.1, -0.05) is 19.8 Å². The first kappa shape index (κ1) is 12.3. The zero-order chi connectivity index (χ0) is 10.3. The third kappa shape index (κ3) is 6.45. The molecule has 1 amide bonds. The molecule has 0 rings (SSSR count). The van der Waals surface area contributed by atoms with Crippen LogP contribution in [0, 0.1) is 0 Å². The van der Waals surface area contributed by atoms with E-state index in [0.717, 1.165) is 12.8 Å². The molecule has 3 nitrogen and oxygen atoms in total. The van der Waals surface area contributed by atoms with Crippen LogP contribution in [0.2, 0.25) is 0 Å². The van der Waals surface area contributed by atoms with E-state index in [9.17, 15) is 13.6 Å². The molecule has 0 radical (unpaired) electrons. The summed E-state index contributed by atoms with van der Waals surface area (Å²) >= 11 is 0. The highest BCUT2D eigenvalue weighted by Gasteiger charge is 2.13. The smallest absolute Gasteiger partial charge is 0.255 e. The van der Waals surface area contributed by atoms with E-state index in [0.29, 0.717) is 6.42 Å². The highest BCUT2D eigenvalue weighted by Crippen LogP contribution is 1.98. The number of nitrogens with one attached hydrogen (secondary N) is 1. The van der Waals surface area contributed by atoms with Crippen molar-refractivity contribution < 1.29 is 13.6 Å². The van der Waals surface area contributed by atoms with Gasteiger partial charge in [0.15, 0.2) is 0 Å². The number of nitrogens with two attached hydrogens (primary N) is 1. The number of carbonyl (C=O) groups excluding carboxylic acids is 1. The minimum absolute atomic E-state index is 0.492. The van der Waals surface area contributed by atoms with Crippen LogP contribution in [0.5, 0.6) is 0 Å². The molecule has 0 aliphatic heterocycles. The molecule has 5 heteroatoms. The van der Waals surface area contributed by atoms with Crippen molar-refractivity contribution in [2.24, 2.45) is 5.73 Å². The van der Waals surface area contributed by atoms with Crippen LogP contribution in [0.15, 0.2) is 0 Å². The summed E-state index contributed by atoms with van der Waals surface area (Å²) in [7, 11) is 0. The van der Waals surface area contributed by atoms with Gasteiger partial charge in [0, 0.05) is 0 Å². The first-order chi connectivity index (χ1) is 6.07. The van der Waals surface area contributed by atoms with Crippen molar-refractivity contribution in [1.82, 2.24) is 5.32 Å². The van der Waals surface area contributed by atoms with Crippen LogP contribution >= 0.6 is 0 Å². The van der Waals surface area contributed by atoms with Gasteiger partial charge < -0.3 is 11.1 Å². The Hall–Kier alpha value is -0.710. The van der Waals surface area contributed by atoms with Gasteiger partial charge in [0.25, 0.3) is 6.43 Å². The molecule has 78 valence electrons. The van der Waals surface area contributed by atoms with E-state index in [1.54, 1.807) is 0 Å². The van der Waals surface area contributed by atoms with Crippen LogP contribution in [0.25, 0.3) is 0 Å². The van der Waals surface area contributed by atoms with E-state index < -0.39 is 24.9 Å². The first-order valence-electron chi connectivity index (χ1n) is 4.39. The molecule has 0 saturated carbocycles. The average molecular weight is 194 g/mol. The summed E-state index contributed by atoms with van der Waals surface area (Å²) in [6.45, 7) is 1.36. The summed E-state index contributed by atoms with van der Waals surface area (Å²) in [4.78, 5) is 11.0. The van der Waals surface area contributed by atoms with Crippen LogP contribution in [-0.2, 0) is 4.79 Å². The Morgan fingerprint density at radius 3 is 2.62 bits per heavy atom. The second kappa shape index (κ2) is 6.77. The van der Waals surface area contributed by atoms with Crippen molar-refractivity contribution in [3.05, 3.63) is 0 Å². The molecule has 0 bridgehead atoms. The predicted octanol–water partition coefficient (Wildman–Crippen LogP) is 0.885. The minimum atomic E-state index is -2.51. The molecule has 0 saturated heterocycles. The van der Waals surface area contributed by atoms with Gasteiger partial charge in [-0.25, -0.2) is 8.78 Å². The monoisotopic (exact) mass is 194 g/mol. The molecule has 3 N–H and O–H groups in total. The topological polar surface area (TPSA) is 55.1 Å². The third-order valence-corrected chi connectivity index (χ3v) is 1.64. The van der Waals surface area contributed by atoms with Crippen molar-refractivity contribution >= 4 is 5.91 Å². The van der Waals surface area contributed by atoms with E-state index in [1.165, 1.54) is 0 Å². The quantitative estimate of drug-likeness (QED) is 0.659. The number of hydrogen-bond donors (Lipinski definition) is 2. The lowest BCUT2D eigenvalue weighted by molar-refractivity contribution is -0.123. The molecule has 0 fully saturated rings. The van der Waals surface area contributed by atoms with Gasteiger partial charge in [0.05, 0.1) is 12.6 Å². The van der Waals surface area contributed by atoms with E-state index in [4.69, 9.17) is 5.73 Å². The summed E-state index contributed by atoms with van der Waals surface area (Å²) in [6, 6.07) is -0.654. The maximum atomic E-state index is 11.7. The van der Waals surface area contributed by atoms with Crippen molar-refractivity contribution in [1.29, 1.82) is 0 Å². The fourth-order valence-electron chi connectivity index (χ4n) is 0.864. The maximum Gasteiger partial charge on any atom is 0.255 e. The van der Waals surface area contributed by atoms with E-state index in [1.807, 2.05) is 6.92 Å². The van der Waals surface area contributed by atoms with Gasteiger partial charge in [-0.15, -0.1) is 0 Å². The lowest BCUT2D eigenvalue weighted by Crippen LogP contribution is -2.42. The summed E-state index contributed by atoms with van der Waals surface area (Å²) in [5.41, 5.74) is 5.43.